The minimum Gasteiger partial charge on any atom is -0.493 e. The molecule has 0 atom stereocenters. The summed E-state index contributed by atoms with van der Waals surface area (Å²) in [5.41, 5.74) is 2.56. The third-order valence-electron chi connectivity index (χ3n) is 4.95. The lowest BCUT2D eigenvalue weighted by atomic mass is 9.89. The molecule has 0 unspecified atom stereocenters. The number of ether oxygens (including phenoxy) is 2. The van der Waals surface area contributed by atoms with E-state index < -0.39 is 10.9 Å². The Kier molecular flexibility index (Phi) is 4.13. The van der Waals surface area contributed by atoms with Crippen molar-refractivity contribution in [1.29, 1.82) is 0 Å². The van der Waals surface area contributed by atoms with E-state index in [9.17, 15) is 13.9 Å². The first kappa shape index (κ1) is 17.3. The zero-order chi connectivity index (χ0) is 18.5. The fourth-order valence-electron chi connectivity index (χ4n) is 3.67. The Balaban J connectivity index is 1.86. The average molecular weight is 379 g/mol. The molecule has 4 rings (SSSR count). The molecular weight excluding hydrogens is 358 g/mol. The summed E-state index contributed by atoms with van der Waals surface area (Å²) in [4.78, 5) is 14.0. The van der Waals surface area contributed by atoms with Gasteiger partial charge in [-0.25, -0.2) is 0 Å². The first-order chi connectivity index (χ1) is 12.4. The third kappa shape index (κ3) is 2.65. The summed E-state index contributed by atoms with van der Waals surface area (Å²) in [5, 5.41) is 0. The molecule has 1 aromatic carbocycles. The number of benzene rings is 1. The highest BCUT2D eigenvalue weighted by atomic mass is 32.3. The maximum atomic E-state index is 12.1. The van der Waals surface area contributed by atoms with Crippen LogP contribution in [-0.4, -0.2) is 40.7 Å². The van der Waals surface area contributed by atoms with Crippen LogP contribution < -0.4 is 9.47 Å². The summed E-state index contributed by atoms with van der Waals surface area (Å²) in [7, 11) is -0.283. The Bertz CT molecular complexity index is 844. The van der Waals surface area contributed by atoms with Gasteiger partial charge in [0.2, 0.25) is 11.8 Å². The topological polar surface area (TPSA) is 88.5 Å². The smallest absolute Gasteiger partial charge is 0.229 e. The van der Waals surface area contributed by atoms with Gasteiger partial charge in [-0.05, 0) is 42.5 Å². The second-order valence-corrected chi connectivity index (χ2v) is 8.07. The number of likely N-dealkylation sites (tertiary alicyclic amines) is 1. The molecule has 2 heterocycles. The first-order valence-corrected chi connectivity index (χ1v) is 9.90. The lowest BCUT2D eigenvalue weighted by Gasteiger charge is -2.39. The molecule has 1 fully saturated rings. The van der Waals surface area contributed by atoms with Gasteiger partial charge >= 0.3 is 0 Å². The number of nitrogens with zero attached hydrogens (tertiary/aromatic N) is 1. The van der Waals surface area contributed by atoms with Crippen molar-refractivity contribution in [1.82, 2.24) is 4.90 Å². The molecule has 1 aromatic rings. The Morgan fingerprint density at radius 3 is 2.50 bits per heavy atom. The van der Waals surface area contributed by atoms with E-state index in [-0.39, 0.29) is 11.8 Å². The van der Waals surface area contributed by atoms with Crippen LogP contribution in [0.3, 0.4) is 0 Å². The monoisotopic (exact) mass is 379 g/mol. The largest absolute Gasteiger partial charge is 0.493 e. The van der Waals surface area contributed by atoms with E-state index in [1.165, 1.54) is 4.90 Å². The molecule has 1 amide bonds. The summed E-state index contributed by atoms with van der Waals surface area (Å²) in [6, 6.07) is 3.75. The van der Waals surface area contributed by atoms with E-state index in [1.807, 2.05) is 12.1 Å². The molecule has 1 aliphatic carbocycles. The van der Waals surface area contributed by atoms with Crippen molar-refractivity contribution < 1.29 is 27.6 Å². The first-order valence-electron chi connectivity index (χ1n) is 8.43. The molecule has 0 radical (unpaired) electrons. The lowest BCUT2D eigenvalue weighted by Crippen LogP contribution is -2.29. The predicted octanol–water partition coefficient (Wildman–Crippen LogP) is 3.52. The number of methoxy groups -OCH3 is 2. The molecule has 1 saturated heterocycles. The molecule has 2 N–H and O–H groups in total. The minimum absolute atomic E-state index is 0.0705. The molecule has 2 aliphatic heterocycles. The molecule has 8 heteroatoms. The second kappa shape index (κ2) is 6.22. The number of amides is 1. The molecule has 0 bridgehead atoms. The number of fused-ring (bicyclic) bond motifs is 2. The van der Waals surface area contributed by atoms with Gasteiger partial charge in [0.25, 0.3) is 0 Å². The van der Waals surface area contributed by atoms with Crippen LogP contribution in [0.1, 0.15) is 30.4 Å². The number of hydrogen-bond donors (Lipinski definition) is 2. The van der Waals surface area contributed by atoms with Crippen molar-refractivity contribution in [2.75, 3.05) is 20.8 Å². The molecule has 7 nitrogen and oxygen atoms in total. The fraction of sp³-hybridized carbons (Fsp3) is 0.389. The van der Waals surface area contributed by atoms with E-state index in [2.05, 4.69) is 0 Å². The highest BCUT2D eigenvalue weighted by Gasteiger charge is 2.40. The van der Waals surface area contributed by atoms with E-state index in [1.54, 1.807) is 20.3 Å². The van der Waals surface area contributed by atoms with Crippen molar-refractivity contribution in [3.05, 3.63) is 40.1 Å². The zero-order valence-corrected chi connectivity index (χ0v) is 15.5. The van der Waals surface area contributed by atoms with Gasteiger partial charge in [-0.2, -0.15) is 0 Å². The van der Waals surface area contributed by atoms with Crippen LogP contribution >= 0.6 is 10.9 Å². The van der Waals surface area contributed by atoms with Gasteiger partial charge in [-0.3, -0.25) is 18.8 Å². The van der Waals surface area contributed by atoms with Crippen molar-refractivity contribution in [3.63, 3.8) is 0 Å². The Labute approximate surface area is 153 Å². The Morgan fingerprint density at radius 2 is 1.85 bits per heavy atom. The van der Waals surface area contributed by atoms with Gasteiger partial charge in [-0.1, -0.05) is 0 Å². The van der Waals surface area contributed by atoms with Crippen molar-refractivity contribution in [2.45, 2.75) is 25.7 Å². The molecule has 26 heavy (non-hydrogen) atoms. The van der Waals surface area contributed by atoms with E-state index in [0.29, 0.717) is 47.8 Å². The van der Waals surface area contributed by atoms with Gasteiger partial charge < -0.3 is 13.7 Å². The maximum absolute atomic E-state index is 12.1. The molecule has 3 aliphatic rings. The summed E-state index contributed by atoms with van der Waals surface area (Å²) in [5.74, 6) is 1.33. The number of carbonyl (C=O) groups excluding carboxylic acids is 1. The molecular formula is C18H21NO6S. The van der Waals surface area contributed by atoms with Gasteiger partial charge in [0, 0.05) is 24.6 Å². The van der Waals surface area contributed by atoms with Crippen LogP contribution in [0, 0.1) is 0 Å². The predicted molar refractivity (Wildman–Crippen MR) is 97.8 cm³/mol. The van der Waals surface area contributed by atoms with Crippen LogP contribution in [0.2, 0.25) is 0 Å². The van der Waals surface area contributed by atoms with Crippen LogP contribution in [0.5, 0.6) is 11.5 Å². The molecule has 0 saturated carbocycles. The van der Waals surface area contributed by atoms with E-state index >= 15 is 0 Å². The van der Waals surface area contributed by atoms with Crippen molar-refractivity contribution in [2.24, 2.45) is 0 Å². The van der Waals surface area contributed by atoms with Crippen molar-refractivity contribution >= 4 is 22.4 Å². The van der Waals surface area contributed by atoms with Crippen LogP contribution in [0.15, 0.2) is 29.0 Å². The van der Waals surface area contributed by atoms with Crippen LogP contribution in [-0.2, 0) is 15.4 Å². The fourth-order valence-corrected chi connectivity index (χ4v) is 4.97. The van der Waals surface area contributed by atoms with Gasteiger partial charge in [-0.15, -0.1) is 0 Å². The Morgan fingerprint density at radius 1 is 1.12 bits per heavy atom. The standard InChI is InChI=1S/C18H21NO6S/c1-23-14-8-11-5-6-16-13(12(11)9-15(14)24-2)10-18(25-26(16,21)22)19-7-3-4-17(19)20/h8-10,21-22H,3-7H2,1-2H3. The third-order valence-corrected chi connectivity index (χ3v) is 6.42. The Hall–Kier alpha value is -2.16. The highest BCUT2D eigenvalue weighted by molar-refractivity contribution is 8.23. The maximum Gasteiger partial charge on any atom is 0.229 e. The summed E-state index contributed by atoms with van der Waals surface area (Å²) in [6.07, 6.45) is 4.01. The highest BCUT2D eigenvalue weighted by Crippen LogP contribution is 2.60. The van der Waals surface area contributed by atoms with Crippen molar-refractivity contribution in [3.8, 4) is 11.5 Å². The number of hydrogen-bond acceptors (Lipinski definition) is 6. The normalized spacial score (nSPS) is 22.2. The van der Waals surface area contributed by atoms with Gasteiger partial charge in [0.05, 0.1) is 19.1 Å². The van der Waals surface area contributed by atoms with Gasteiger partial charge in [0.15, 0.2) is 22.4 Å². The summed E-state index contributed by atoms with van der Waals surface area (Å²) >= 11 is 0. The molecule has 0 spiro atoms. The summed E-state index contributed by atoms with van der Waals surface area (Å²) in [6.45, 7) is 0.515. The number of allylic oxidation sites excluding steroid dienone is 3. The number of rotatable bonds is 3. The summed E-state index contributed by atoms with van der Waals surface area (Å²) < 4.78 is 37.4. The lowest BCUT2D eigenvalue weighted by molar-refractivity contribution is -0.127. The van der Waals surface area contributed by atoms with E-state index in [4.69, 9.17) is 13.7 Å². The number of aryl methyl sites for hydroxylation is 1. The van der Waals surface area contributed by atoms with Crippen LogP contribution in [0.4, 0.5) is 0 Å². The molecule has 140 valence electrons. The molecule has 0 aromatic heterocycles. The SMILES string of the molecule is COc1cc2c(cc1OC)C1=C(CC2)S(O)(O)OC(N2CCCC2=O)=C1. The van der Waals surface area contributed by atoms with Gasteiger partial charge in [0.1, 0.15) is 0 Å². The van der Waals surface area contributed by atoms with E-state index in [0.717, 1.165) is 17.5 Å². The second-order valence-electron chi connectivity index (χ2n) is 6.41. The zero-order valence-electron chi connectivity index (χ0n) is 14.7. The quantitative estimate of drug-likeness (QED) is 0.835. The average Bonchev–Trinajstić information content (AvgIpc) is 3.05. The number of carbonyl (C=O) groups is 1. The van der Waals surface area contributed by atoms with Crippen LogP contribution in [0.25, 0.3) is 5.57 Å². The minimum atomic E-state index is -3.43.